The normalized spacial score (nSPS) is 12.1. The van der Waals surface area contributed by atoms with Gasteiger partial charge in [-0.25, -0.2) is 52.3 Å². The summed E-state index contributed by atoms with van der Waals surface area (Å²) in [6.07, 6.45) is -0.260. The molecule has 12 aromatic carbocycles. The smallest absolute Gasteiger partial charge is 0.336 e. The largest absolute Gasteiger partial charge is 0.488 e. The van der Waals surface area contributed by atoms with E-state index in [-0.39, 0.29) is 65.6 Å². The predicted molar refractivity (Wildman–Crippen MR) is 537 cm³/mol. The first kappa shape index (κ1) is 91.4. The van der Waals surface area contributed by atoms with E-state index in [1.54, 1.807) is 130 Å². The molecule has 9 heterocycles. The maximum atomic E-state index is 14.1. The summed E-state index contributed by atoms with van der Waals surface area (Å²) < 4.78 is 74.9. The second-order valence-electron chi connectivity index (χ2n) is 33.4. The van der Waals surface area contributed by atoms with Crippen LogP contribution in [-0.4, -0.2) is 77.5 Å². The molecule has 1 aliphatic heterocycles. The lowest BCUT2D eigenvalue weighted by Gasteiger charge is -2.26. The van der Waals surface area contributed by atoms with Crippen molar-refractivity contribution in [1.29, 1.82) is 0 Å². The van der Waals surface area contributed by atoms with Gasteiger partial charge in [-0.3, -0.25) is 0 Å². The summed E-state index contributed by atoms with van der Waals surface area (Å²) in [5.74, 6) is -3.00. The molecule has 0 amide bonds. The van der Waals surface area contributed by atoms with Gasteiger partial charge in [0.05, 0.1) is 121 Å². The molecule has 1 saturated heterocycles. The molecule has 8 aromatic heterocycles. The number of carboxylic acids is 4. The summed E-state index contributed by atoms with van der Waals surface area (Å²) in [5, 5.41) is 46.9. The second kappa shape index (κ2) is 38.9. The van der Waals surface area contributed by atoms with E-state index < -0.39 is 23.9 Å². The quantitative estimate of drug-likeness (QED) is 0.0522. The molecule has 4 N–H and O–H groups in total. The third kappa shape index (κ3) is 18.5. The summed E-state index contributed by atoms with van der Waals surface area (Å²) in [7, 11) is 0. The number of hydrogen-bond donors (Lipinski definition) is 4. The van der Waals surface area contributed by atoms with Crippen LogP contribution in [0.2, 0.25) is 0 Å². The molecule has 0 bridgehead atoms. The number of aromatic carboxylic acids is 4. The fourth-order valence-corrected chi connectivity index (χ4v) is 21.8. The van der Waals surface area contributed by atoms with Crippen molar-refractivity contribution in [3.63, 3.8) is 0 Å². The topological polar surface area (TPSA) is 247 Å². The number of nitrogens with zero attached hydrogens (tertiary/aromatic N) is 4. The van der Waals surface area contributed by atoms with Gasteiger partial charge < -0.3 is 44.1 Å². The van der Waals surface area contributed by atoms with Gasteiger partial charge >= 0.3 is 23.9 Å². The van der Waals surface area contributed by atoms with Gasteiger partial charge in [-0.05, 0) is 254 Å². The molecule has 21 rings (SSSR count). The van der Waals surface area contributed by atoms with Crippen LogP contribution < -0.4 is 18.9 Å². The Morgan fingerprint density at radius 2 is 0.699 bits per heavy atom. The molecule has 0 spiro atoms. The predicted octanol–water partition coefficient (Wildman–Crippen LogP) is 29.1. The molecule has 0 unspecified atom stereocenters. The fraction of sp³-hybridized carbons (Fsp3) is 0.143. The standard InChI is InChI=1S/C31H27NO4S.3C27H20FNO3S/c1-17-8-13-26(36-19(3)20-9-11-21(12-10-20)22-15-35-16-22)28-24(31(33)34)14-25(32-29(17)28)30-18(2)23-6-4-5-7-27(23)37-30;1-15-11-12-22(32-14-17-7-3-5-9-20(17)28)24-19(27(30)31)13-21(29-25(15)24)26-16(2)18-8-4-6-10-23(18)33-26;1-15-10-11-22(32-14-17-6-5-7-18(28)12-17)24-20(27(30)31)13-21(29-25(15)24)26-16(2)19-8-3-4-9-23(19)33-26;1-15-7-12-22(32-14-17-8-10-18(28)11-9-17)24-20(27(30)31)13-21(29-25(15)24)26-16(2)19-5-3-4-6-23(19)33-26/h4-14,19,22H,15-16H2,1-3H3,(H,33,34);3*3-13H,14H2,1-2H3,(H,30,31)/t19-;;;/m0.../s1. The maximum Gasteiger partial charge on any atom is 0.336 e. The van der Waals surface area contributed by atoms with Crippen molar-refractivity contribution in [2.45, 2.75) is 94.2 Å². The van der Waals surface area contributed by atoms with E-state index in [0.29, 0.717) is 106 Å². The van der Waals surface area contributed by atoms with E-state index in [1.807, 2.05) is 134 Å². The molecule has 1 fully saturated rings. The van der Waals surface area contributed by atoms with Gasteiger partial charge in [-0.1, -0.05) is 164 Å². The van der Waals surface area contributed by atoms with E-state index in [2.05, 4.69) is 79.7 Å². The van der Waals surface area contributed by atoms with Crippen LogP contribution in [0.3, 0.4) is 0 Å². The monoisotopic (exact) mass is 1880 g/mol. The van der Waals surface area contributed by atoms with Gasteiger partial charge in [-0.15, -0.1) is 45.3 Å². The number of hydrogen-bond acceptors (Lipinski definition) is 17. The summed E-state index contributed by atoms with van der Waals surface area (Å²) in [5.41, 5.74) is 17.5. The molecular formula is C112H87F3N4O13S4. The van der Waals surface area contributed by atoms with Crippen molar-refractivity contribution in [3.05, 3.63) is 379 Å². The highest BCUT2D eigenvalue weighted by Crippen LogP contribution is 2.47. The molecule has 24 heteroatoms. The highest BCUT2D eigenvalue weighted by atomic mass is 32.1. The molecule has 1 aliphatic rings. The van der Waals surface area contributed by atoms with Crippen LogP contribution in [-0.2, 0) is 24.6 Å². The Bertz CT molecular complexity index is 8150. The van der Waals surface area contributed by atoms with Gasteiger partial charge in [0, 0.05) is 30.3 Å². The van der Waals surface area contributed by atoms with Crippen LogP contribution in [0, 0.1) is 72.8 Å². The van der Waals surface area contributed by atoms with Crippen LogP contribution in [0.25, 0.3) is 126 Å². The molecule has 0 aliphatic carbocycles. The Morgan fingerprint density at radius 3 is 1.04 bits per heavy atom. The molecule has 136 heavy (non-hydrogen) atoms. The van der Waals surface area contributed by atoms with Gasteiger partial charge in [0.2, 0.25) is 0 Å². The zero-order valence-corrected chi connectivity index (χ0v) is 78.4. The van der Waals surface area contributed by atoms with Gasteiger partial charge in [0.15, 0.2) is 0 Å². The Kier molecular flexibility index (Phi) is 26.1. The first-order chi connectivity index (χ1) is 65.7. The molecular weight excluding hydrogens is 1790 g/mol. The first-order valence-electron chi connectivity index (χ1n) is 43.8. The maximum absolute atomic E-state index is 14.1. The molecule has 17 nitrogen and oxygen atoms in total. The zero-order chi connectivity index (χ0) is 95.0. The van der Waals surface area contributed by atoms with E-state index in [0.717, 1.165) is 123 Å². The molecule has 678 valence electrons. The van der Waals surface area contributed by atoms with Crippen molar-refractivity contribution in [2.24, 2.45) is 0 Å². The lowest BCUT2D eigenvalue weighted by molar-refractivity contribution is 0.00840. The van der Waals surface area contributed by atoms with Crippen molar-refractivity contribution in [3.8, 4) is 65.3 Å². The summed E-state index contributed by atoms with van der Waals surface area (Å²) in [6, 6.07) is 80.6. The van der Waals surface area contributed by atoms with Gasteiger partial charge in [0.1, 0.15) is 66.4 Å². The van der Waals surface area contributed by atoms with Crippen molar-refractivity contribution in [2.75, 3.05) is 13.2 Å². The average Bonchev–Trinajstić information content (AvgIpc) is 1.44. The SMILES string of the molecule is Cc1c(-c2cc(C(=O)O)c3c(OCc4ccc(F)cc4)ccc(C)c3n2)sc2ccccc12.Cc1c(-c2cc(C(=O)O)c3c(OCc4cccc(F)c4)ccc(C)c3n2)sc2ccccc12.Cc1c(-c2cc(C(=O)O)c3c(OCc4ccccc4F)ccc(C)c3n2)sc2ccccc12.Cc1c(-c2cc(C(=O)O)c3c(O[C@@H](C)c4ccc(C5COC5)cc4)ccc(C)c3n2)sc2ccccc12. The van der Waals surface area contributed by atoms with Crippen LogP contribution in [0.4, 0.5) is 13.2 Å². The number of pyridine rings is 4. The number of ether oxygens (including phenoxy) is 5. The van der Waals surface area contributed by atoms with Crippen LogP contribution in [0.1, 0.15) is 133 Å². The van der Waals surface area contributed by atoms with Crippen LogP contribution in [0.5, 0.6) is 23.0 Å². The summed E-state index contributed by atoms with van der Waals surface area (Å²) >= 11 is 6.45. The Balaban J connectivity index is 0.000000121. The Hall–Kier alpha value is -15.1. The number of rotatable bonds is 21. The average molecular weight is 1880 g/mol. The number of fused-ring (bicyclic) bond motifs is 8. The molecule has 20 aromatic rings. The lowest BCUT2D eigenvalue weighted by Crippen LogP contribution is -2.24. The van der Waals surface area contributed by atoms with Crippen LogP contribution in [0.15, 0.2) is 267 Å². The Morgan fingerprint density at radius 1 is 0.360 bits per heavy atom. The fourth-order valence-electron chi connectivity index (χ4n) is 17.1. The van der Waals surface area contributed by atoms with E-state index >= 15 is 0 Å². The van der Waals surface area contributed by atoms with Crippen molar-refractivity contribution in [1.82, 2.24) is 19.9 Å². The summed E-state index contributed by atoms with van der Waals surface area (Å²) in [4.78, 5) is 72.9. The van der Waals surface area contributed by atoms with Gasteiger partial charge in [0.25, 0.3) is 0 Å². The number of carbonyl (C=O) groups is 4. The Labute approximate surface area is 795 Å². The number of aryl methyl sites for hydroxylation is 8. The van der Waals surface area contributed by atoms with E-state index in [4.69, 9.17) is 43.6 Å². The molecule has 0 radical (unpaired) electrons. The second-order valence-corrected chi connectivity index (χ2v) is 37.7. The van der Waals surface area contributed by atoms with Crippen molar-refractivity contribution < 1.29 is 76.5 Å². The third-order valence-electron chi connectivity index (χ3n) is 24.5. The minimum atomic E-state index is -1.07. The molecule has 0 saturated carbocycles. The highest BCUT2D eigenvalue weighted by molar-refractivity contribution is 7.23. The number of benzene rings is 12. The number of halogens is 3. The summed E-state index contributed by atoms with van der Waals surface area (Å²) in [6.45, 7) is 19.6. The van der Waals surface area contributed by atoms with Crippen LogP contribution >= 0.6 is 45.3 Å². The number of aromatic nitrogens is 4. The first-order valence-corrected chi connectivity index (χ1v) is 47.0. The number of thiophene rings is 4. The zero-order valence-electron chi connectivity index (χ0n) is 75.1. The third-order valence-corrected chi connectivity index (χ3v) is 29.7. The van der Waals surface area contributed by atoms with Gasteiger partial charge in [-0.2, -0.15) is 0 Å². The minimum absolute atomic E-state index is 0.0128. The molecule has 1 atom stereocenters. The van der Waals surface area contributed by atoms with E-state index in [1.165, 1.54) is 41.3 Å². The van der Waals surface area contributed by atoms with E-state index in [9.17, 15) is 52.8 Å². The highest BCUT2D eigenvalue weighted by Gasteiger charge is 2.29. The number of carboxylic acid groups (broad SMARTS) is 4. The van der Waals surface area contributed by atoms with Crippen molar-refractivity contribution >= 4 is 153 Å². The minimum Gasteiger partial charge on any atom is -0.488 e. The lowest BCUT2D eigenvalue weighted by atomic mass is 9.96.